The lowest BCUT2D eigenvalue weighted by Crippen LogP contribution is -2.05. The zero-order chi connectivity index (χ0) is 18.1. The molecule has 3 aromatic rings. The highest BCUT2D eigenvalue weighted by atomic mass is 16.4. The molecule has 0 spiro atoms. The molecule has 3 N–H and O–H groups in total. The van der Waals surface area contributed by atoms with Crippen molar-refractivity contribution in [2.24, 2.45) is 0 Å². The van der Waals surface area contributed by atoms with Crippen molar-refractivity contribution in [2.45, 2.75) is 20.3 Å². The SMILES string of the molecule is CC(C)=CCc1c(O)cc(O)c2c(=O)c(O)c(-c3ccncc3)oc12. The molecule has 128 valence electrons. The monoisotopic (exact) mass is 339 g/mol. The van der Waals surface area contributed by atoms with E-state index in [9.17, 15) is 20.1 Å². The molecule has 0 amide bonds. The van der Waals surface area contributed by atoms with Gasteiger partial charge in [-0.05, 0) is 32.4 Å². The zero-order valence-corrected chi connectivity index (χ0v) is 13.8. The molecule has 0 fully saturated rings. The molecular formula is C19H17NO5. The third-order valence-corrected chi connectivity index (χ3v) is 3.86. The number of fused-ring (bicyclic) bond motifs is 1. The van der Waals surface area contributed by atoms with Crippen LogP contribution in [0.2, 0.25) is 0 Å². The molecule has 0 saturated carbocycles. The molecule has 0 aliphatic rings. The van der Waals surface area contributed by atoms with Gasteiger partial charge < -0.3 is 19.7 Å². The third-order valence-electron chi connectivity index (χ3n) is 3.86. The molecule has 0 aliphatic carbocycles. The first-order chi connectivity index (χ1) is 11.9. The van der Waals surface area contributed by atoms with Crippen LogP contribution in [0.5, 0.6) is 17.2 Å². The Balaban J connectivity index is 2.40. The first-order valence-electron chi connectivity index (χ1n) is 7.67. The van der Waals surface area contributed by atoms with Crippen LogP contribution in [0.15, 0.2) is 51.5 Å². The smallest absolute Gasteiger partial charge is 0.238 e. The van der Waals surface area contributed by atoms with Gasteiger partial charge in [-0.2, -0.15) is 0 Å². The molecule has 0 aliphatic heterocycles. The standard InChI is InChI=1S/C19H17NO5/c1-10(2)3-4-12-13(21)9-14(22)15-16(23)17(24)18(25-19(12)15)11-5-7-20-8-6-11/h3,5-9,21-22,24H,4H2,1-2H3. The summed E-state index contributed by atoms with van der Waals surface area (Å²) in [5, 5.41) is 30.3. The lowest BCUT2D eigenvalue weighted by atomic mass is 10.0. The molecule has 3 rings (SSSR count). The number of hydrogen-bond acceptors (Lipinski definition) is 6. The number of benzene rings is 1. The number of nitrogens with zero attached hydrogens (tertiary/aromatic N) is 1. The maximum Gasteiger partial charge on any atom is 0.238 e. The summed E-state index contributed by atoms with van der Waals surface area (Å²) in [6, 6.07) is 4.25. The summed E-state index contributed by atoms with van der Waals surface area (Å²) in [6.07, 6.45) is 5.19. The topological polar surface area (TPSA) is 104 Å². The van der Waals surface area contributed by atoms with E-state index in [1.165, 1.54) is 12.4 Å². The van der Waals surface area contributed by atoms with E-state index in [1.807, 2.05) is 19.9 Å². The van der Waals surface area contributed by atoms with E-state index in [4.69, 9.17) is 4.42 Å². The highest BCUT2D eigenvalue weighted by molar-refractivity contribution is 5.91. The highest BCUT2D eigenvalue weighted by Crippen LogP contribution is 2.38. The first-order valence-corrected chi connectivity index (χ1v) is 7.67. The Morgan fingerprint density at radius 3 is 2.48 bits per heavy atom. The van der Waals surface area contributed by atoms with Gasteiger partial charge in [0.1, 0.15) is 22.5 Å². The summed E-state index contributed by atoms with van der Waals surface area (Å²) in [7, 11) is 0. The predicted molar refractivity (Wildman–Crippen MR) is 93.8 cm³/mol. The fourth-order valence-corrected chi connectivity index (χ4v) is 2.58. The number of pyridine rings is 1. The van der Waals surface area contributed by atoms with E-state index in [0.717, 1.165) is 11.6 Å². The van der Waals surface area contributed by atoms with Crippen LogP contribution >= 0.6 is 0 Å². The quantitative estimate of drug-likeness (QED) is 0.631. The highest BCUT2D eigenvalue weighted by Gasteiger charge is 2.22. The van der Waals surface area contributed by atoms with Gasteiger partial charge in [-0.1, -0.05) is 11.6 Å². The molecule has 0 saturated heterocycles. The summed E-state index contributed by atoms with van der Waals surface area (Å²) in [4.78, 5) is 16.5. The molecule has 1 aromatic carbocycles. The summed E-state index contributed by atoms with van der Waals surface area (Å²) < 4.78 is 5.76. The van der Waals surface area contributed by atoms with Crippen LogP contribution in [0.3, 0.4) is 0 Å². The van der Waals surface area contributed by atoms with E-state index in [2.05, 4.69) is 4.98 Å². The van der Waals surface area contributed by atoms with Gasteiger partial charge in [0, 0.05) is 29.6 Å². The van der Waals surface area contributed by atoms with Crippen molar-refractivity contribution in [3.8, 4) is 28.6 Å². The minimum absolute atomic E-state index is 0.0386. The van der Waals surface area contributed by atoms with Crippen LogP contribution in [0.25, 0.3) is 22.3 Å². The van der Waals surface area contributed by atoms with Crippen LogP contribution < -0.4 is 5.43 Å². The van der Waals surface area contributed by atoms with Crippen molar-refractivity contribution >= 4 is 11.0 Å². The predicted octanol–water partition coefficient (Wildman–Crippen LogP) is 3.48. The molecule has 6 heteroatoms. The maximum atomic E-state index is 12.6. The molecule has 2 aromatic heterocycles. The lowest BCUT2D eigenvalue weighted by molar-refractivity contribution is 0.435. The van der Waals surface area contributed by atoms with E-state index >= 15 is 0 Å². The van der Waals surface area contributed by atoms with Crippen molar-refractivity contribution < 1.29 is 19.7 Å². The van der Waals surface area contributed by atoms with Gasteiger partial charge in [0.2, 0.25) is 11.2 Å². The number of phenols is 2. The van der Waals surface area contributed by atoms with E-state index in [1.54, 1.807) is 12.1 Å². The molecule has 0 bridgehead atoms. The molecule has 2 heterocycles. The third kappa shape index (κ3) is 2.94. The minimum atomic E-state index is -0.760. The Labute approximate surface area is 143 Å². The van der Waals surface area contributed by atoms with Gasteiger partial charge in [0.25, 0.3) is 0 Å². The van der Waals surface area contributed by atoms with Crippen molar-refractivity contribution in [1.29, 1.82) is 0 Å². The van der Waals surface area contributed by atoms with Gasteiger partial charge in [-0.15, -0.1) is 0 Å². The van der Waals surface area contributed by atoms with Crippen LogP contribution in [0.4, 0.5) is 0 Å². The van der Waals surface area contributed by atoms with Gasteiger partial charge >= 0.3 is 0 Å². The Morgan fingerprint density at radius 2 is 1.84 bits per heavy atom. The first kappa shape index (κ1) is 16.6. The number of allylic oxidation sites excluding steroid dienone is 2. The average molecular weight is 339 g/mol. The fraction of sp³-hybridized carbons (Fsp3) is 0.158. The second kappa shape index (κ2) is 6.32. The fourth-order valence-electron chi connectivity index (χ4n) is 2.58. The molecule has 6 nitrogen and oxygen atoms in total. The van der Waals surface area contributed by atoms with Gasteiger partial charge in [0.05, 0.1) is 0 Å². The Kier molecular flexibility index (Phi) is 4.19. The van der Waals surface area contributed by atoms with Crippen LogP contribution in [-0.4, -0.2) is 20.3 Å². The molecule has 0 unspecified atom stereocenters. The average Bonchev–Trinajstić information content (AvgIpc) is 2.57. The lowest BCUT2D eigenvalue weighted by Gasteiger charge is -2.11. The molecule has 0 atom stereocenters. The summed E-state index contributed by atoms with van der Waals surface area (Å²) in [5.41, 5.74) is 1.13. The Hall–Kier alpha value is -3.28. The molecule has 0 radical (unpaired) electrons. The van der Waals surface area contributed by atoms with Crippen LogP contribution in [0.1, 0.15) is 19.4 Å². The number of rotatable bonds is 3. The van der Waals surface area contributed by atoms with Gasteiger partial charge in [-0.3, -0.25) is 9.78 Å². The van der Waals surface area contributed by atoms with Gasteiger partial charge in [-0.25, -0.2) is 0 Å². The normalized spacial score (nSPS) is 10.8. The van der Waals surface area contributed by atoms with Crippen LogP contribution in [-0.2, 0) is 6.42 Å². The number of aromatic nitrogens is 1. The van der Waals surface area contributed by atoms with Crippen molar-refractivity contribution in [2.75, 3.05) is 0 Å². The van der Waals surface area contributed by atoms with Crippen molar-refractivity contribution in [1.82, 2.24) is 4.98 Å². The number of hydrogen-bond donors (Lipinski definition) is 3. The second-order valence-electron chi connectivity index (χ2n) is 5.93. The maximum absolute atomic E-state index is 12.6. The van der Waals surface area contributed by atoms with E-state index in [0.29, 0.717) is 17.5 Å². The minimum Gasteiger partial charge on any atom is -0.507 e. The largest absolute Gasteiger partial charge is 0.507 e. The van der Waals surface area contributed by atoms with Crippen LogP contribution in [0, 0.1) is 0 Å². The summed E-state index contributed by atoms with van der Waals surface area (Å²) in [5.74, 6) is -1.27. The summed E-state index contributed by atoms with van der Waals surface area (Å²) >= 11 is 0. The zero-order valence-electron chi connectivity index (χ0n) is 13.8. The Bertz CT molecular complexity index is 1030. The number of aromatic hydroxyl groups is 3. The second-order valence-corrected chi connectivity index (χ2v) is 5.93. The van der Waals surface area contributed by atoms with E-state index in [-0.39, 0.29) is 22.5 Å². The molecule has 25 heavy (non-hydrogen) atoms. The van der Waals surface area contributed by atoms with E-state index < -0.39 is 16.9 Å². The molecular weight excluding hydrogens is 322 g/mol. The number of phenolic OH excluding ortho intramolecular Hbond substituents is 2. The van der Waals surface area contributed by atoms with Gasteiger partial charge in [0.15, 0.2) is 5.76 Å². The Morgan fingerprint density at radius 1 is 1.16 bits per heavy atom. The van der Waals surface area contributed by atoms with Crippen molar-refractivity contribution in [3.05, 3.63) is 58.0 Å². The summed E-state index contributed by atoms with van der Waals surface area (Å²) in [6.45, 7) is 3.81. The van der Waals surface area contributed by atoms with Crippen molar-refractivity contribution in [3.63, 3.8) is 0 Å².